The van der Waals surface area contributed by atoms with Gasteiger partial charge in [-0.15, -0.1) is 0 Å². The minimum atomic E-state index is -1.06. The molecule has 5 nitrogen and oxygen atoms in total. The van der Waals surface area contributed by atoms with Gasteiger partial charge in [0.15, 0.2) is 0 Å². The maximum Gasteiger partial charge on any atom is 0.323 e. The van der Waals surface area contributed by atoms with Crippen LogP contribution < -0.4 is 0 Å². The number of carbonyl (C=O) groups excluding carboxylic acids is 1. The fraction of sp³-hybridized carbons (Fsp3) is 0.692. The van der Waals surface area contributed by atoms with Crippen molar-refractivity contribution in [1.82, 2.24) is 9.80 Å². The van der Waals surface area contributed by atoms with E-state index >= 15 is 0 Å². The van der Waals surface area contributed by atoms with Crippen molar-refractivity contribution < 1.29 is 14.7 Å². The Kier molecular flexibility index (Phi) is 6.05. The predicted molar refractivity (Wildman–Crippen MR) is 71.4 cm³/mol. The summed E-state index contributed by atoms with van der Waals surface area (Å²) in [5.74, 6) is -1.03. The van der Waals surface area contributed by atoms with Gasteiger partial charge in [-0.3, -0.25) is 14.5 Å². The summed E-state index contributed by atoms with van der Waals surface area (Å²) < 4.78 is 0. The molecule has 0 heterocycles. The van der Waals surface area contributed by atoms with Crippen LogP contribution in [0.2, 0.25) is 0 Å². The second-order valence-electron chi connectivity index (χ2n) is 5.09. The summed E-state index contributed by atoms with van der Waals surface area (Å²) in [6.45, 7) is 11.9. The first kappa shape index (κ1) is 16.6. The smallest absolute Gasteiger partial charge is 0.323 e. The summed E-state index contributed by atoms with van der Waals surface area (Å²) in [5.41, 5.74) is -0.150. The highest BCUT2D eigenvalue weighted by atomic mass is 16.4. The molecule has 104 valence electrons. The lowest BCUT2D eigenvalue weighted by molar-refractivity contribution is -0.150. The maximum atomic E-state index is 12.0. The molecule has 0 radical (unpaired) electrons. The molecule has 1 N–H and O–H groups in total. The van der Waals surface area contributed by atoms with Crippen LogP contribution in [0.1, 0.15) is 27.7 Å². The van der Waals surface area contributed by atoms with Crippen LogP contribution in [0.15, 0.2) is 12.2 Å². The molecule has 1 amide bonds. The summed E-state index contributed by atoms with van der Waals surface area (Å²) in [6, 6.07) is 0. The first-order valence-corrected chi connectivity index (χ1v) is 5.99. The van der Waals surface area contributed by atoms with E-state index in [1.807, 2.05) is 13.8 Å². The fourth-order valence-electron chi connectivity index (χ4n) is 1.37. The van der Waals surface area contributed by atoms with Crippen LogP contribution >= 0.6 is 0 Å². The number of hydrogen-bond donors (Lipinski definition) is 1. The van der Waals surface area contributed by atoms with E-state index in [2.05, 4.69) is 6.58 Å². The van der Waals surface area contributed by atoms with E-state index in [0.717, 1.165) is 5.57 Å². The van der Waals surface area contributed by atoms with Crippen molar-refractivity contribution in [1.29, 1.82) is 0 Å². The average molecular weight is 256 g/mol. The van der Waals surface area contributed by atoms with Crippen LogP contribution in [-0.2, 0) is 9.59 Å². The Balaban J connectivity index is 4.64. The Morgan fingerprint density at radius 2 is 1.78 bits per heavy atom. The van der Waals surface area contributed by atoms with Crippen molar-refractivity contribution in [3.05, 3.63) is 12.2 Å². The quantitative estimate of drug-likeness (QED) is 0.695. The molecule has 0 spiro atoms. The van der Waals surface area contributed by atoms with E-state index in [1.165, 1.54) is 0 Å². The molecule has 0 fully saturated rings. The zero-order valence-electron chi connectivity index (χ0n) is 12.0. The Morgan fingerprint density at radius 1 is 1.28 bits per heavy atom. The van der Waals surface area contributed by atoms with E-state index in [4.69, 9.17) is 5.11 Å². The van der Waals surface area contributed by atoms with Crippen molar-refractivity contribution in [3.63, 3.8) is 0 Å². The van der Waals surface area contributed by atoms with Crippen molar-refractivity contribution in [2.45, 2.75) is 33.2 Å². The number of amides is 1. The highest BCUT2D eigenvalue weighted by Gasteiger charge is 2.33. The van der Waals surface area contributed by atoms with Gasteiger partial charge in [-0.1, -0.05) is 12.2 Å². The third kappa shape index (κ3) is 4.49. The van der Waals surface area contributed by atoms with Crippen LogP contribution in [-0.4, -0.2) is 59.0 Å². The monoisotopic (exact) mass is 256 g/mol. The van der Waals surface area contributed by atoms with Gasteiger partial charge in [-0.2, -0.15) is 0 Å². The number of carbonyl (C=O) groups is 2. The van der Waals surface area contributed by atoms with E-state index in [1.54, 1.807) is 30.7 Å². The molecule has 0 aliphatic rings. The molecule has 0 saturated carbocycles. The van der Waals surface area contributed by atoms with E-state index in [9.17, 15) is 9.59 Å². The van der Waals surface area contributed by atoms with Crippen LogP contribution in [0.5, 0.6) is 0 Å². The summed E-state index contributed by atoms with van der Waals surface area (Å²) in [4.78, 5) is 26.3. The first-order valence-electron chi connectivity index (χ1n) is 5.99. The number of carboxylic acids is 1. The fourth-order valence-corrected chi connectivity index (χ4v) is 1.37. The number of likely N-dealkylation sites (N-methyl/N-ethyl adjacent to an activating group) is 2. The zero-order chi connectivity index (χ0) is 14.5. The number of hydrogen-bond acceptors (Lipinski definition) is 3. The Bertz CT molecular complexity index is 337. The van der Waals surface area contributed by atoms with Crippen molar-refractivity contribution in [3.8, 4) is 0 Å². The number of carboxylic acid groups (broad SMARTS) is 1. The van der Waals surface area contributed by atoms with Gasteiger partial charge in [0.2, 0.25) is 5.91 Å². The lowest BCUT2D eigenvalue weighted by Gasteiger charge is -2.32. The second-order valence-corrected chi connectivity index (χ2v) is 5.09. The van der Waals surface area contributed by atoms with Crippen LogP contribution in [0.25, 0.3) is 0 Å². The maximum absolute atomic E-state index is 12.0. The summed E-state index contributed by atoms with van der Waals surface area (Å²) in [7, 11) is 1.64. The van der Waals surface area contributed by atoms with Crippen molar-refractivity contribution in [2.75, 3.05) is 26.7 Å². The van der Waals surface area contributed by atoms with E-state index in [-0.39, 0.29) is 12.5 Å². The van der Waals surface area contributed by atoms with Crippen molar-refractivity contribution >= 4 is 11.9 Å². The minimum Gasteiger partial charge on any atom is -0.480 e. The Hall–Kier alpha value is -1.36. The van der Waals surface area contributed by atoms with Gasteiger partial charge in [-0.05, 0) is 34.7 Å². The number of nitrogens with zero attached hydrogens (tertiary/aromatic N) is 2. The summed E-state index contributed by atoms with van der Waals surface area (Å²) in [5, 5.41) is 9.09. The van der Waals surface area contributed by atoms with E-state index in [0.29, 0.717) is 13.1 Å². The third-order valence-electron chi connectivity index (χ3n) is 3.05. The van der Waals surface area contributed by atoms with Gasteiger partial charge in [0.05, 0.1) is 6.54 Å². The minimum absolute atomic E-state index is 0.0837. The molecule has 0 aromatic heterocycles. The molecular formula is C13H24N2O3. The van der Waals surface area contributed by atoms with Crippen LogP contribution in [0.4, 0.5) is 0 Å². The van der Waals surface area contributed by atoms with Gasteiger partial charge in [0.1, 0.15) is 5.54 Å². The predicted octanol–water partition coefficient (Wildman–Crippen LogP) is 1.21. The molecule has 0 saturated heterocycles. The summed E-state index contributed by atoms with van der Waals surface area (Å²) in [6.07, 6.45) is 0. The number of aliphatic carboxylic acids is 1. The molecule has 0 bridgehead atoms. The van der Waals surface area contributed by atoms with Crippen LogP contribution in [0, 0.1) is 0 Å². The molecule has 0 aromatic rings. The second kappa shape index (κ2) is 6.54. The van der Waals surface area contributed by atoms with Gasteiger partial charge in [0.25, 0.3) is 0 Å². The van der Waals surface area contributed by atoms with Gasteiger partial charge >= 0.3 is 5.97 Å². The largest absolute Gasteiger partial charge is 0.480 e. The number of rotatable bonds is 7. The summed E-state index contributed by atoms with van der Waals surface area (Å²) >= 11 is 0. The molecule has 0 atom stereocenters. The molecule has 18 heavy (non-hydrogen) atoms. The molecule has 0 aromatic carbocycles. The Morgan fingerprint density at radius 3 is 2.11 bits per heavy atom. The topological polar surface area (TPSA) is 60.9 Å². The highest BCUT2D eigenvalue weighted by molar-refractivity contribution is 5.81. The van der Waals surface area contributed by atoms with Crippen molar-refractivity contribution in [2.24, 2.45) is 0 Å². The van der Waals surface area contributed by atoms with Gasteiger partial charge in [0, 0.05) is 13.1 Å². The molecule has 0 aliphatic carbocycles. The lowest BCUT2D eigenvalue weighted by Crippen LogP contribution is -2.52. The van der Waals surface area contributed by atoms with Crippen LogP contribution in [0.3, 0.4) is 0 Å². The Labute approximate surface area is 109 Å². The van der Waals surface area contributed by atoms with Gasteiger partial charge in [-0.25, -0.2) is 0 Å². The molecule has 0 aliphatic heterocycles. The average Bonchev–Trinajstić information content (AvgIpc) is 2.24. The molecule has 0 rings (SSSR count). The first-order chi connectivity index (χ1) is 8.12. The zero-order valence-corrected chi connectivity index (χ0v) is 12.0. The molecule has 0 unspecified atom stereocenters. The molecular weight excluding hydrogens is 232 g/mol. The van der Waals surface area contributed by atoms with Gasteiger partial charge < -0.3 is 10.0 Å². The SMILES string of the molecule is C=C(C)CN(CC)C(=O)CN(C)C(C)(C)C(=O)O. The molecule has 5 heteroatoms. The normalized spacial score (nSPS) is 11.4. The lowest BCUT2D eigenvalue weighted by atomic mass is 10.0. The third-order valence-corrected chi connectivity index (χ3v) is 3.05. The van der Waals surface area contributed by atoms with E-state index < -0.39 is 11.5 Å². The highest BCUT2D eigenvalue weighted by Crippen LogP contribution is 2.12. The standard InChI is InChI=1S/C13H24N2O3/c1-7-15(8-10(2)3)11(16)9-14(6)13(4,5)12(17)18/h2,7-9H2,1,3-6H3,(H,17,18).